The summed E-state index contributed by atoms with van der Waals surface area (Å²) >= 11 is 0. The number of hydrogen-bond acceptors (Lipinski definition) is 16. The van der Waals surface area contributed by atoms with Crippen molar-refractivity contribution in [1.29, 1.82) is 0 Å². The first-order valence-electron chi connectivity index (χ1n) is 17.2. The average Bonchev–Trinajstić information content (AvgIpc) is 3.47. The van der Waals surface area contributed by atoms with E-state index in [2.05, 4.69) is 0 Å². The van der Waals surface area contributed by atoms with E-state index in [0.717, 1.165) is 14.2 Å². The zero-order valence-corrected chi connectivity index (χ0v) is 29.4. The molecule has 51 heavy (non-hydrogen) atoms. The van der Waals surface area contributed by atoms with Crippen LogP contribution >= 0.6 is 0 Å². The van der Waals surface area contributed by atoms with Gasteiger partial charge in [0.15, 0.2) is 5.60 Å². The van der Waals surface area contributed by atoms with Crippen molar-refractivity contribution in [2.75, 3.05) is 27.4 Å². The van der Waals surface area contributed by atoms with Crippen molar-refractivity contribution in [3.8, 4) is 0 Å². The minimum absolute atomic E-state index is 0.235. The molecule has 2 bridgehead atoms. The van der Waals surface area contributed by atoms with Crippen molar-refractivity contribution in [2.24, 2.45) is 34.0 Å². The van der Waals surface area contributed by atoms with Crippen LogP contribution in [0.2, 0.25) is 0 Å². The fraction of sp³-hybridized carbons (Fsp3) is 0.771. The zero-order valence-electron chi connectivity index (χ0n) is 29.4. The van der Waals surface area contributed by atoms with Crippen molar-refractivity contribution in [3.63, 3.8) is 0 Å². The van der Waals surface area contributed by atoms with Crippen molar-refractivity contribution >= 4 is 23.9 Å². The van der Waals surface area contributed by atoms with Crippen LogP contribution in [0.15, 0.2) is 24.0 Å². The molecule has 280 valence electrons. The number of epoxide rings is 1. The van der Waals surface area contributed by atoms with Gasteiger partial charge in [0.25, 0.3) is 5.79 Å². The predicted molar refractivity (Wildman–Crippen MR) is 164 cm³/mol. The van der Waals surface area contributed by atoms with Crippen molar-refractivity contribution in [1.82, 2.24) is 0 Å². The largest absolute Gasteiger partial charge is 0.469 e. The molecule has 8 rings (SSSR count). The van der Waals surface area contributed by atoms with Gasteiger partial charge in [0.1, 0.15) is 28.8 Å². The summed E-state index contributed by atoms with van der Waals surface area (Å²) in [5, 5.41) is 37.4. The van der Waals surface area contributed by atoms with Gasteiger partial charge in [-0.15, -0.1) is 0 Å². The van der Waals surface area contributed by atoms with Crippen LogP contribution in [0.5, 0.6) is 0 Å². The van der Waals surface area contributed by atoms with E-state index in [9.17, 15) is 34.5 Å². The Bertz CT molecular complexity index is 1660. The quantitative estimate of drug-likeness (QED) is 0.140. The molecule has 1 spiro atoms. The summed E-state index contributed by atoms with van der Waals surface area (Å²) in [6.07, 6.45) is -3.11. The molecule has 8 aliphatic rings. The van der Waals surface area contributed by atoms with Crippen LogP contribution in [0, 0.1) is 34.0 Å². The van der Waals surface area contributed by atoms with Crippen molar-refractivity contribution < 1.29 is 77.1 Å². The Kier molecular flexibility index (Phi) is 7.20. The molecule has 0 radical (unpaired) electrons. The molecule has 7 fully saturated rings. The van der Waals surface area contributed by atoms with Gasteiger partial charge in [0.05, 0.1) is 52.0 Å². The molecular weight excluding hydrogens is 676 g/mol. The molecule has 3 saturated carbocycles. The topological polar surface area (TPSA) is 215 Å². The number of carbonyl (C=O) groups excluding carboxylic acids is 4. The Labute approximate surface area is 293 Å². The summed E-state index contributed by atoms with van der Waals surface area (Å²) in [6, 6.07) is 0. The van der Waals surface area contributed by atoms with Gasteiger partial charge in [-0.1, -0.05) is 13.0 Å². The summed E-state index contributed by atoms with van der Waals surface area (Å²) in [5.41, 5.74) is -9.47. The Balaban J connectivity index is 1.40. The lowest BCUT2D eigenvalue weighted by molar-refractivity contribution is -0.314. The molecular formula is C35H44O16. The molecule has 16 heteroatoms. The predicted octanol–water partition coefficient (Wildman–Crippen LogP) is -0.203. The molecule has 4 saturated heterocycles. The van der Waals surface area contributed by atoms with Gasteiger partial charge >= 0.3 is 23.9 Å². The number of methoxy groups -OCH3 is 2. The summed E-state index contributed by atoms with van der Waals surface area (Å²) in [4.78, 5) is 54.4. The summed E-state index contributed by atoms with van der Waals surface area (Å²) in [5.74, 6) is -9.76. The van der Waals surface area contributed by atoms with Crippen LogP contribution in [0.4, 0.5) is 0 Å². The monoisotopic (exact) mass is 720 g/mol. The highest BCUT2D eigenvalue weighted by atomic mass is 16.7. The van der Waals surface area contributed by atoms with E-state index >= 15 is 0 Å². The molecule has 16 atom stereocenters. The van der Waals surface area contributed by atoms with Gasteiger partial charge in [-0.25, -0.2) is 9.59 Å². The average molecular weight is 721 g/mol. The van der Waals surface area contributed by atoms with Crippen molar-refractivity contribution in [3.05, 3.63) is 24.0 Å². The highest BCUT2D eigenvalue weighted by Gasteiger charge is 2.97. The number of allylic oxidation sites excluding steroid dienone is 1. The van der Waals surface area contributed by atoms with Gasteiger partial charge < -0.3 is 58.0 Å². The third-order valence-electron chi connectivity index (χ3n) is 14.1. The maximum atomic E-state index is 14.2. The second kappa shape index (κ2) is 10.5. The fourth-order valence-corrected chi connectivity index (χ4v) is 12.2. The van der Waals surface area contributed by atoms with Gasteiger partial charge in [0.2, 0.25) is 6.29 Å². The second-order valence-electron chi connectivity index (χ2n) is 15.8. The fourth-order valence-electron chi connectivity index (χ4n) is 12.2. The SMILES string of the molecule is C/C=C(\C)C(=O)O[C@H]1CC(OC(C)=O)[C@@]2(C(=O)OC)CO[C@H]3C(O)C(C)(C45OC4(C)C4CC5OC5OC=CC54O)C4C(O)(C(=O)OC)OCC41[C@@H]32. The Morgan fingerprint density at radius 2 is 1.67 bits per heavy atom. The molecule has 16 nitrogen and oxygen atoms in total. The normalized spacial score (nSPS) is 53.9. The van der Waals surface area contributed by atoms with Crippen LogP contribution in [0.25, 0.3) is 0 Å². The van der Waals surface area contributed by atoms with Crippen LogP contribution in [-0.4, -0.2) is 126 Å². The molecule has 0 aromatic carbocycles. The number of aliphatic hydroxyl groups excluding tert-OH is 1. The third-order valence-corrected chi connectivity index (χ3v) is 14.1. The lowest BCUT2D eigenvalue weighted by Crippen LogP contribution is -2.79. The highest BCUT2D eigenvalue weighted by Crippen LogP contribution is 2.83. The number of ether oxygens (including phenoxy) is 9. The van der Waals surface area contributed by atoms with Crippen molar-refractivity contribution in [2.45, 2.75) is 107 Å². The lowest BCUT2D eigenvalue weighted by atomic mass is 9.37. The van der Waals surface area contributed by atoms with E-state index in [1.807, 2.05) is 0 Å². The summed E-state index contributed by atoms with van der Waals surface area (Å²) < 4.78 is 54.0. The highest BCUT2D eigenvalue weighted by molar-refractivity contribution is 5.88. The first-order valence-corrected chi connectivity index (χ1v) is 17.2. The first-order chi connectivity index (χ1) is 23.9. The number of esters is 4. The zero-order chi connectivity index (χ0) is 36.9. The number of fused-ring (bicyclic) bond motifs is 7. The second-order valence-corrected chi connectivity index (χ2v) is 15.8. The van der Waals surface area contributed by atoms with Gasteiger partial charge in [0, 0.05) is 47.5 Å². The van der Waals surface area contributed by atoms with E-state index in [4.69, 9.17) is 42.6 Å². The number of carbonyl (C=O) groups is 4. The number of hydrogen-bond donors (Lipinski definition) is 3. The van der Waals surface area contributed by atoms with E-state index in [1.165, 1.54) is 19.3 Å². The maximum Gasteiger partial charge on any atom is 0.366 e. The van der Waals surface area contributed by atoms with Gasteiger partial charge in [-0.2, -0.15) is 0 Å². The Hall–Kier alpha value is -3.12. The lowest BCUT2D eigenvalue weighted by Gasteiger charge is -2.65. The Morgan fingerprint density at radius 1 is 0.961 bits per heavy atom. The molecule has 0 amide bonds. The molecule has 5 heterocycles. The number of aliphatic hydroxyl groups is 3. The minimum atomic E-state index is -2.82. The van der Waals surface area contributed by atoms with E-state index in [1.54, 1.807) is 33.8 Å². The smallest absolute Gasteiger partial charge is 0.366 e. The molecule has 5 aliphatic heterocycles. The van der Waals surface area contributed by atoms with Crippen LogP contribution in [-0.2, 0) is 61.8 Å². The Morgan fingerprint density at radius 3 is 2.31 bits per heavy atom. The van der Waals surface area contributed by atoms with E-state index in [-0.39, 0.29) is 18.4 Å². The summed E-state index contributed by atoms with van der Waals surface area (Å²) in [7, 11) is 2.23. The third kappa shape index (κ3) is 3.65. The van der Waals surface area contributed by atoms with Gasteiger partial charge in [-0.05, 0) is 33.3 Å². The van der Waals surface area contributed by atoms with Crippen LogP contribution in [0.1, 0.15) is 47.5 Å². The molecule has 3 N–H and O–H groups in total. The van der Waals surface area contributed by atoms with Crippen LogP contribution in [0.3, 0.4) is 0 Å². The molecule has 3 aliphatic carbocycles. The molecule has 0 aromatic rings. The molecule has 12 unspecified atom stereocenters. The van der Waals surface area contributed by atoms with E-state index < -0.39 is 130 Å². The minimum Gasteiger partial charge on any atom is -0.469 e. The first kappa shape index (κ1) is 34.9. The maximum absolute atomic E-state index is 14.2. The standard InChI is InChI=1S/C35H44O16/c1-8-15(2)24(38)49-18-12-19(48-16(3)36)32(26(39)43-6)13-46-21-22(32)31(18)14-47-34(42,27(40)44-7)25(31)29(4,23(21)37)35-20-11-17(30(35,5)51-35)33(41)9-10-45-28(33)50-20/h8-10,17-23,25,28,37,41-42H,11-14H2,1-7H3/b15-8+/t17?,18-,19?,20?,21+,22+,23?,25?,28?,29?,30?,31?,32-,33?,34?,35?/m0/s1. The summed E-state index contributed by atoms with van der Waals surface area (Å²) in [6.45, 7) is 6.88. The van der Waals surface area contributed by atoms with E-state index in [0.29, 0.717) is 0 Å². The van der Waals surface area contributed by atoms with Gasteiger partial charge in [-0.3, -0.25) is 9.59 Å². The molecule has 0 aromatic heterocycles. The number of rotatable bonds is 6. The van der Waals surface area contributed by atoms with Crippen LogP contribution < -0.4 is 0 Å².